The third kappa shape index (κ3) is 3.98. The summed E-state index contributed by atoms with van der Waals surface area (Å²) in [6, 6.07) is 7.77. The molecule has 8 nitrogen and oxygen atoms in total. The number of sulfonamides is 1. The van der Waals surface area contributed by atoms with Crippen molar-refractivity contribution in [3.05, 3.63) is 56.2 Å². The topological polar surface area (TPSA) is 87.9 Å². The molecule has 4 heterocycles. The number of hydrazone groups is 1. The zero-order chi connectivity index (χ0) is 22.3. The number of carbonyl (C=O) groups excluding carboxylic acids is 1. The zero-order valence-electron chi connectivity index (χ0n) is 17.6. The molecule has 0 saturated carbocycles. The van der Waals surface area contributed by atoms with Gasteiger partial charge < -0.3 is 0 Å². The second-order valence-corrected chi connectivity index (χ2v) is 11.5. The van der Waals surface area contributed by atoms with Crippen molar-refractivity contribution in [3.63, 3.8) is 0 Å². The summed E-state index contributed by atoms with van der Waals surface area (Å²) in [6.45, 7) is 3.23. The molecule has 3 aromatic rings. The van der Waals surface area contributed by atoms with Crippen molar-refractivity contribution >= 4 is 44.3 Å². The smallest absolute Gasteiger partial charge is 0.265 e. The van der Waals surface area contributed by atoms with Crippen LogP contribution in [0.5, 0.6) is 0 Å². The molecule has 1 atom stereocenters. The third-order valence-electron chi connectivity index (χ3n) is 5.18. The maximum atomic E-state index is 13.3. The van der Waals surface area contributed by atoms with Gasteiger partial charge in [-0.25, -0.2) is 17.7 Å². The maximum absolute atomic E-state index is 13.3. The van der Waals surface area contributed by atoms with E-state index in [2.05, 4.69) is 10.2 Å². The lowest BCUT2D eigenvalue weighted by Crippen LogP contribution is -2.30. The van der Waals surface area contributed by atoms with Gasteiger partial charge in [-0.05, 0) is 36.7 Å². The van der Waals surface area contributed by atoms with Crippen molar-refractivity contribution in [2.24, 2.45) is 5.10 Å². The summed E-state index contributed by atoms with van der Waals surface area (Å²) in [4.78, 5) is 15.5. The second-order valence-electron chi connectivity index (χ2n) is 7.44. The lowest BCUT2D eigenvalue weighted by atomic mass is 10.1. The summed E-state index contributed by atoms with van der Waals surface area (Å²) in [5.74, 6) is -0.232. The molecule has 0 bridgehead atoms. The van der Waals surface area contributed by atoms with Crippen LogP contribution in [0.3, 0.4) is 0 Å². The van der Waals surface area contributed by atoms with E-state index in [1.165, 1.54) is 23.8 Å². The molecule has 1 amide bonds. The first-order valence-corrected chi connectivity index (χ1v) is 12.8. The van der Waals surface area contributed by atoms with Gasteiger partial charge in [-0.1, -0.05) is 12.1 Å². The third-order valence-corrected chi connectivity index (χ3v) is 9.14. The molecular weight excluding hydrogens is 454 g/mol. The van der Waals surface area contributed by atoms with Crippen LogP contribution in [0.4, 0.5) is 0 Å². The average Bonchev–Trinajstić information content (AvgIpc) is 3.49. The maximum Gasteiger partial charge on any atom is 0.265 e. The number of carbonyl (C=O) groups is 1. The monoisotopic (exact) mass is 477 g/mol. The molecule has 0 aromatic carbocycles. The Labute approximate surface area is 189 Å². The van der Waals surface area contributed by atoms with Gasteiger partial charge in [-0.3, -0.25) is 9.48 Å². The Morgan fingerprint density at radius 1 is 1.19 bits per heavy atom. The lowest BCUT2D eigenvalue weighted by Gasteiger charge is -2.21. The minimum atomic E-state index is -3.66. The number of hydrogen-bond acceptors (Lipinski definition) is 7. The molecule has 0 aliphatic carbocycles. The predicted octanol–water partition coefficient (Wildman–Crippen LogP) is 3.25. The minimum absolute atomic E-state index is 0.0846. The van der Waals surface area contributed by atoms with E-state index >= 15 is 0 Å². The van der Waals surface area contributed by atoms with Gasteiger partial charge >= 0.3 is 0 Å². The Kier molecular flexibility index (Phi) is 5.86. The van der Waals surface area contributed by atoms with Crippen molar-refractivity contribution in [2.75, 3.05) is 14.1 Å². The van der Waals surface area contributed by atoms with Crippen LogP contribution in [0.1, 0.15) is 33.6 Å². The van der Waals surface area contributed by atoms with Crippen molar-refractivity contribution < 1.29 is 13.2 Å². The Hall–Kier alpha value is -2.34. The fourth-order valence-corrected chi connectivity index (χ4v) is 6.42. The van der Waals surface area contributed by atoms with E-state index in [9.17, 15) is 13.2 Å². The van der Waals surface area contributed by atoms with Crippen LogP contribution in [-0.4, -0.2) is 53.2 Å². The number of rotatable bonds is 6. The first-order valence-electron chi connectivity index (χ1n) is 9.63. The number of nitrogens with zero attached hydrogens (tertiary/aromatic N) is 5. The Bertz CT molecular complexity index is 1230. The van der Waals surface area contributed by atoms with Crippen molar-refractivity contribution in [1.82, 2.24) is 19.1 Å². The molecule has 0 N–H and O–H groups in total. The summed E-state index contributed by atoms with van der Waals surface area (Å²) in [7, 11) is -0.697. The van der Waals surface area contributed by atoms with Gasteiger partial charge in [-0.2, -0.15) is 10.2 Å². The SMILES string of the molecule is Cc1nn(CC(=O)N2N=C(c3cccs3)C[C@H]2c2cccs2)c(C)c1S(=O)(=O)N(C)C. The number of aryl methyl sites for hydroxylation is 1. The van der Waals surface area contributed by atoms with E-state index < -0.39 is 10.0 Å². The van der Waals surface area contributed by atoms with Crippen LogP contribution >= 0.6 is 22.7 Å². The van der Waals surface area contributed by atoms with Crippen LogP contribution in [0.2, 0.25) is 0 Å². The van der Waals surface area contributed by atoms with Crippen molar-refractivity contribution in [2.45, 2.75) is 37.8 Å². The summed E-state index contributed by atoms with van der Waals surface area (Å²) in [5, 5.41) is 14.5. The molecule has 3 aromatic heterocycles. The van der Waals surface area contributed by atoms with E-state index in [-0.39, 0.29) is 23.4 Å². The van der Waals surface area contributed by atoms with Crippen LogP contribution in [0.25, 0.3) is 0 Å². The fourth-order valence-electron chi connectivity index (χ4n) is 3.63. The van der Waals surface area contributed by atoms with Gasteiger partial charge in [0, 0.05) is 25.4 Å². The minimum Gasteiger partial charge on any atom is -0.271 e. The summed E-state index contributed by atoms with van der Waals surface area (Å²) in [6.07, 6.45) is 0.643. The summed E-state index contributed by atoms with van der Waals surface area (Å²) >= 11 is 3.19. The van der Waals surface area contributed by atoms with Crippen LogP contribution in [0.15, 0.2) is 45.0 Å². The van der Waals surface area contributed by atoms with Gasteiger partial charge in [0.25, 0.3) is 5.91 Å². The normalized spacial score (nSPS) is 16.9. The van der Waals surface area contributed by atoms with Gasteiger partial charge in [0.15, 0.2) is 0 Å². The Balaban J connectivity index is 1.65. The molecule has 0 spiro atoms. The van der Waals surface area contributed by atoms with Gasteiger partial charge in [0.05, 0.1) is 28.0 Å². The molecule has 11 heteroatoms. The molecule has 0 unspecified atom stereocenters. The molecule has 0 fully saturated rings. The number of hydrogen-bond donors (Lipinski definition) is 0. The molecule has 164 valence electrons. The van der Waals surface area contributed by atoms with Crippen LogP contribution in [0, 0.1) is 13.8 Å². The first-order chi connectivity index (χ1) is 14.7. The fraction of sp³-hybridized carbons (Fsp3) is 0.350. The number of thiophene rings is 2. The number of amides is 1. The highest BCUT2D eigenvalue weighted by molar-refractivity contribution is 7.89. The van der Waals surface area contributed by atoms with Gasteiger partial charge in [0.1, 0.15) is 11.4 Å². The lowest BCUT2D eigenvalue weighted by molar-refractivity contribution is -0.133. The molecule has 4 rings (SSSR count). The van der Waals surface area contributed by atoms with Crippen molar-refractivity contribution in [3.8, 4) is 0 Å². The van der Waals surface area contributed by atoms with E-state index in [0.717, 1.165) is 19.8 Å². The Morgan fingerprint density at radius 3 is 2.52 bits per heavy atom. The largest absolute Gasteiger partial charge is 0.271 e. The van der Waals surface area contributed by atoms with Crippen molar-refractivity contribution in [1.29, 1.82) is 0 Å². The highest BCUT2D eigenvalue weighted by atomic mass is 32.2. The molecular formula is C20H23N5O3S3. The second kappa shape index (κ2) is 8.30. The molecule has 0 radical (unpaired) electrons. The van der Waals surface area contributed by atoms with Gasteiger partial charge in [0.2, 0.25) is 10.0 Å². The van der Waals surface area contributed by atoms with Crippen LogP contribution < -0.4 is 0 Å². The molecule has 31 heavy (non-hydrogen) atoms. The summed E-state index contributed by atoms with van der Waals surface area (Å²) < 4.78 is 27.9. The quantitative estimate of drug-likeness (QED) is 0.545. The molecule has 1 aliphatic heterocycles. The Morgan fingerprint density at radius 2 is 1.90 bits per heavy atom. The van der Waals surface area contributed by atoms with E-state index in [0.29, 0.717) is 17.8 Å². The highest BCUT2D eigenvalue weighted by Crippen LogP contribution is 2.36. The first kappa shape index (κ1) is 21.9. The highest BCUT2D eigenvalue weighted by Gasteiger charge is 2.35. The van der Waals surface area contributed by atoms with Crippen LogP contribution in [-0.2, 0) is 21.4 Å². The predicted molar refractivity (Wildman–Crippen MR) is 122 cm³/mol. The van der Waals surface area contributed by atoms with E-state index in [1.807, 2.05) is 35.0 Å². The van der Waals surface area contributed by atoms with Gasteiger partial charge in [-0.15, -0.1) is 22.7 Å². The standard InChI is InChI=1S/C20H23N5O3S3/c1-13-20(31(27,28)23(3)4)14(2)24(21-13)12-19(26)25-16(18-8-6-10-30-18)11-15(22-25)17-7-5-9-29-17/h5-10,16H,11-12H2,1-4H3/t16-/m0/s1. The zero-order valence-corrected chi connectivity index (χ0v) is 20.1. The molecule has 1 aliphatic rings. The number of aromatic nitrogens is 2. The summed E-state index contributed by atoms with van der Waals surface area (Å²) in [5.41, 5.74) is 1.69. The average molecular weight is 478 g/mol. The molecule has 0 saturated heterocycles. The van der Waals surface area contributed by atoms with E-state index in [1.54, 1.807) is 36.5 Å². The van der Waals surface area contributed by atoms with E-state index in [4.69, 9.17) is 0 Å².